The molecule has 0 fully saturated rings. The molecule has 0 saturated carbocycles. The van der Waals surface area contributed by atoms with E-state index >= 15 is 0 Å². The summed E-state index contributed by atoms with van der Waals surface area (Å²) in [7, 11) is 0. The van der Waals surface area contributed by atoms with Crippen molar-refractivity contribution in [3.8, 4) is 0 Å². The van der Waals surface area contributed by atoms with Gasteiger partial charge in [-0.3, -0.25) is 0 Å². The molecule has 0 saturated heterocycles. The summed E-state index contributed by atoms with van der Waals surface area (Å²) in [5.74, 6) is 0.586. The molecule has 0 amide bonds. The van der Waals surface area contributed by atoms with Gasteiger partial charge in [0.1, 0.15) is 0 Å². The summed E-state index contributed by atoms with van der Waals surface area (Å²) in [5, 5.41) is 0. The third-order valence-electron chi connectivity index (χ3n) is 4.01. The fourth-order valence-electron chi connectivity index (χ4n) is 2.43. The van der Waals surface area contributed by atoms with Crippen LogP contribution < -0.4 is 5.73 Å². The summed E-state index contributed by atoms with van der Waals surface area (Å²) >= 11 is 0. The van der Waals surface area contributed by atoms with Crippen molar-refractivity contribution in [1.82, 2.24) is 0 Å². The van der Waals surface area contributed by atoms with Gasteiger partial charge in [0.2, 0.25) is 0 Å². The Balaban J connectivity index is 3.08. The fraction of sp³-hybridized carbons (Fsp3) is 0.647. The Labute approximate surface area is 113 Å². The molecule has 1 nitrogen and oxygen atoms in total. The summed E-state index contributed by atoms with van der Waals surface area (Å²) in [6.07, 6.45) is 2.40. The first-order chi connectivity index (χ1) is 8.15. The van der Waals surface area contributed by atoms with E-state index < -0.39 is 0 Å². The molecule has 102 valence electrons. The molecule has 1 aromatic carbocycles. The summed E-state index contributed by atoms with van der Waals surface area (Å²) in [4.78, 5) is 0. The number of anilines is 1. The zero-order chi connectivity index (χ0) is 14.0. The molecule has 0 aliphatic rings. The van der Waals surface area contributed by atoms with E-state index in [1.54, 1.807) is 0 Å². The number of nitrogen functional groups attached to an aromatic ring is 1. The zero-order valence-corrected chi connectivity index (χ0v) is 12.9. The van der Waals surface area contributed by atoms with Crippen molar-refractivity contribution in [2.45, 2.75) is 60.3 Å². The molecule has 1 atom stereocenters. The van der Waals surface area contributed by atoms with Crippen LogP contribution in [0.5, 0.6) is 0 Å². The molecule has 0 bridgehead atoms. The highest BCUT2D eigenvalue weighted by Gasteiger charge is 2.32. The number of hydrogen-bond donors (Lipinski definition) is 1. The van der Waals surface area contributed by atoms with E-state index in [-0.39, 0.29) is 0 Å². The molecule has 0 radical (unpaired) electrons. The highest BCUT2D eigenvalue weighted by Crippen LogP contribution is 2.45. The summed E-state index contributed by atoms with van der Waals surface area (Å²) in [6, 6.07) is 8.44. The SMILES string of the molecule is CCC(C)(C)C(CC(C)(C)C)c1ccc(N)cc1. The van der Waals surface area contributed by atoms with E-state index in [2.05, 4.69) is 53.7 Å². The monoisotopic (exact) mass is 247 g/mol. The molecule has 18 heavy (non-hydrogen) atoms. The van der Waals surface area contributed by atoms with Gasteiger partial charge < -0.3 is 5.73 Å². The predicted octanol–water partition coefficient (Wildman–Crippen LogP) is 5.22. The normalized spacial score (nSPS) is 14.6. The molecule has 1 unspecified atom stereocenters. The summed E-state index contributed by atoms with van der Waals surface area (Å²) < 4.78 is 0. The van der Waals surface area contributed by atoms with Gasteiger partial charge in [0.25, 0.3) is 0 Å². The second-order valence-corrected chi connectivity index (χ2v) is 7.33. The Morgan fingerprint density at radius 2 is 1.50 bits per heavy atom. The standard InChI is InChI=1S/C17H29N/c1-7-17(5,6)15(12-16(2,3)4)13-8-10-14(18)11-9-13/h8-11,15H,7,12,18H2,1-6H3. The van der Waals surface area contributed by atoms with Crippen LogP contribution in [0, 0.1) is 10.8 Å². The molecule has 0 aromatic heterocycles. The van der Waals surface area contributed by atoms with Crippen LogP contribution in [0.25, 0.3) is 0 Å². The molecule has 1 aromatic rings. The minimum absolute atomic E-state index is 0.323. The van der Waals surface area contributed by atoms with Crippen molar-refractivity contribution in [2.75, 3.05) is 5.73 Å². The molecule has 2 N–H and O–H groups in total. The number of nitrogens with two attached hydrogens (primary N) is 1. The van der Waals surface area contributed by atoms with Crippen molar-refractivity contribution in [3.05, 3.63) is 29.8 Å². The Morgan fingerprint density at radius 1 is 1.00 bits per heavy atom. The molecule has 0 heterocycles. The summed E-state index contributed by atoms with van der Waals surface area (Å²) in [5.41, 5.74) is 8.74. The molecule has 0 aliphatic carbocycles. The first-order valence-electron chi connectivity index (χ1n) is 7.01. The lowest BCUT2D eigenvalue weighted by molar-refractivity contribution is 0.203. The minimum Gasteiger partial charge on any atom is -0.399 e. The average molecular weight is 247 g/mol. The van der Waals surface area contributed by atoms with Gasteiger partial charge in [-0.2, -0.15) is 0 Å². The van der Waals surface area contributed by atoms with Crippen LogP contribution in [0.2, 0.25) is 0 Å². The van der Waals surface area contributed by atoms with Crippen molar-refractivity contribution in [3.63, 3.8) is 0 Å². The van der Waals surface area contributed by atoms with Gasteiger partial charge in [-0.05, 0) is 40.9 Å². The molecule has 1 rings (SSSR count). The van der Waals surface area contributed by atoms with Gasteiger partial charge in [0.05, 0.1) is 0 Å². The van der Waals surface area contributed by atoms with E-state index in [4.69, 9.17) is 5.73 Å². The van der Waals surface area contributed by atoms with Crippen LogP contribution >= 0.6 is 0 Å². The van der Waals surface area contributed by atoms with Crippen LogP contribution in [-0.4, -0.2) is 0 Å². The zero-order valence-electron chi connectivity index (χ0n) is 12.9. The molecular formula is C17H29N. The second-order valence-electron chi connectivity index (χ2n) is 7.33. The van der Waals surface area contributed by atoms with E-state index in [9.17, 15) is 0 Å². The van der Waals surface area contributed by atoms with Gasteiger partial charge in [-0.15, -0.1) is 0 Å². The number of hydrogen-bond acceptors (Lipinski definition) is 1. The highest BCUT2D eigenvalue weighted by molar-refractivity contribution is 5.40. The second kappa shape index (κ2) is 5.34. The van der Waals surface area contributed by atoms with Gasteiger partial charge in [0, 0.05) is 5.69 Å². The lowest BCUT2D eigenvalue weighted by Gasteiger charge is -2.38. The Hall–Kier alpha value is -0.980. The third-order valence-corrected chi connectivity index (χ3v) is 4.01. The van der Waals surface area contributed by atoms with Crippen molar-refractivity contribution < 1.29 is 0 Å². The lowest BCUT2D eigenvalue weighted by atomic mass is 9.67. The quantitative estimate of drug-likeness (QED) is 0.725. The van der Waals surface area contributed by atoms with Crippen LogP contribution in [0.1, 0.15) is 65.9 Å². The first kappa shape index (κ1) is 15.1. The van der Waals surface area contributed by atoms with Crippen molar-refractivity contribution in [2.24, 2.45) is 10.8 Å². The maximum atomic E-state index is 5.80. The Kier molecular flexibility index (Phi) is 4.47. The van der Waals surface area contributed by atoms with Crippen LogP contribution in [0.3, 0.4) is 0 Å². The molecule has 0 spiro atoms. The van der Waals surface area contributed by atoms with E-state index in [1.807, 2.05) is 12.1 Å². The maximum Gasteiger partial charge on any atom is 0.0314 e. The Morgan fingerprint density at radius 3 is 1.89 bits per heavy atom. The molecule has 1 heteroatoms. The van der Waals surface area contributed by atoms with Crippen molar-refractivity contribution >= 4 is 5.69 Å². The van der Waals surface area contributed by atoms with Gasteiger partial charge in [-0.25, -0.2) is 0 Å². The van der Waals surface area contributed by atoms with Crippen LogP contribution in [0.15, 0.2) is 24.3 Å². The smallest absolute Gasteiger partial charge is 0.0314 e. The molecular weight excluding hydrogens is 218 g/mol. The van der Waals surface area contributed by atoms with E-state index in [0.717, 1.165) is 5.69 Å². The Bertz CT molecular complexity index is 368. The number of rotatable bonds is 4. The summed E-state index contributed by atoms with van der Waals surface area (Å²) in [6.45, 7) is 14.0. The van der Waals surface area contributed by atoms with Crippen LogP contribution in [0.4, 0.5) is 5.69 Å². The fourth-order valence-corrected chi connectivity index (χ4v) is 2.43. The highest BCUT2D eigenvalue weighted by atomic mass is 14.5. The van der Waals surface area contributed by atoms with Gasteiger partial charge in [0.15, 0.2) is 0 Å². The lowest BCUT2D eigenvalue weighted by Crippen LogP contribution is -2.25. The van der Waals surface area contributed by atoms with E-state index in [0.29, 0.717) is 16.7 Å². The minimum atomic E-state index is 0.323. The van der Waals surface area contributed by atoms with Crippen molar-refractivity contribution in [1.29, 1.82) is 0 Å². The topological polar surface area (TPSA) is 26.0 Å². The van der Waals surface area contributed by atoms with E-state index in [1.165, 1.54) is 18.4 Å². The van der Waals surface area contributed by atoms with Gasteiger partial charge >= 0.3 is 0 Å². The predicted molar refractivity (Wildman–Crippen MR) is 81.7 cm³/mol. The van der Waals surface area contributed by atoms with Crippen LogP contribution in [-0.2, 0) is 0 Å². The third kappa shape index (κ3) is 4.04. The largest absolute Gasteiger partial charge is 0.399 e. The first-order valence-corrected chi connectivity index (χ1v) is 7.01. The maximum absolute atomic E-state index is 5.80. The average Bonchev–Trinajstić information content (AvgIpc) is 2.26. The molecule has 0 aliphatic heterocycles. The number of benzene rings is 1. The van der Waals surface area contributed by atoms with Gasteiger partial charge in [-0.1, -0.05) is 60.1 Å².